The van der Waals surface area contributed by atoms with Gasteiger partial charge in [-0.3, -0.25) is 9.97 Å². The number of hydrogen-bond donors (Lipinski definition) is 2. The van der Waals surface area contributed by atoms with Crippen molar-refractivity contribution < 1.29 is 0 Å². The van der Waals surface area contributed by atoms with Crippen LogP contribution in [0.5, 0.6) is 0 Å². The molecule has 3 aromatic heterocycles. The van der Waals surface area contributed by atoms with E-state index in [1.807, 2.05) is 24.4 Å². The van der Waals surface area contributed by atoms with Gasteiger partial charge in [0.2, 0.25) is 0 Å². The van der Waals surface area contributed by atoms with Gasteiger partial charge >= 0.3 is 0 Å². The number of aromatic nitrogens is 3. The van der Waals surface area contributed by atoms with Gasteiger partial charge in [-0.2, -0.15) is 0 Å². The topological polar surface area (TPSA) is 76.7 Å². The molecule has 0 amide bonds. The van der Waals surface area contributed by atoms with E-state index < -0.39 is 0 Å². The molecule has 0 aliphatic heterocycles. The number of anilines is 1. The Hall–Kier alpha value is -2.53. The van der Waals surface area contributed by atoms with Crippen LogP contribution >= 0.6 is 0 Å². The summed E-state index contributed by atoms with van der Waals surface area (Å²) in [6, 6.07) is 7.99. The highest BCUT2D eigenvalue weighted by atomic mass is 15.1. The van der Waals surface area contributed by atoms with Crippen molar-refractivity contribution in [3.05, 3.63) is 49.1 Å². The van der Waals surface area contributed by atoms with E-state index in [1.54, 1.807) is 18.6 Å². The first kappa shape index (κ1) is 16.0. The third-order valence-corrected chi connectivity index (χ3v) is 5.07. The summed E-state index contributed by atoms with van der Waals surface area (Å²) in [5.41, 5.74) is 8.42. The molecule has 3 heterocycles. The zero-order valence-corrected chi connectivity index (χ0v) is 14.2. The van der Waals surface area contributed by atoms with Crippen LogP contribution < -0.4 is 11.1 Å². The van der Waals surface area contributed by atoms with Crippen molar-refractivity contribution in [1.82, 2.24) is 15.0 Å². The molecular formula is C20H23N5. The molecule has 0 aromatic carbocycles. The average Bonchev–Trinajstić information content (AvgIpc) is 2.69. The van der Waals surface area contributed by atoms with Crippen LogP contribution in [-0.4, -0.2) is 21.1 Å². The highest BCUT2D eigenvalue weighted by Gasteiger charge is 2.21. The van der Waals surface area contributed by atoms with Gasteiger partial charge in [-0.25, -0.2) is 4.98 Å². The zero-order chi connectivity index (χ0) is 17.1. The summed E-state index contributed by atoms with van der Waals surface area (Å²) >= 11 is 0. The molecule has 0 spiro atoms. The van der Waals surface area contributed by atoms with Crippen LogP contribution in [0.25, 0.3) is 22.0 Å². The Kier molecular flexibility index (Phi) is 4.57. The van der Waals surface area contributed by atoms with Gasteiger partial charge in [-0.15, -0.1) is 0 Å². The van der Waals surface area contributed by atoms with Gasteiger partial charge in [0.05, 0.1) is 11.9 Å². The van der Waals surface area contributed by atoms with Crippen molar-refractivity contribution in [3.63, 3.8) is 0 Å². The second-order valence-electron chi connectivity index (χ2n) is 6.76. The molecule has 0 radical (unpaired) electrons. The molecule has 1 saturated carbocycles. The van der Waals surface area contributed by atoms with Crippen LogP contribution in [0.2, 0.25) is 0 Å². The van der Waals surface area contributed by atoms with Crippen molar-refractivity contribution >= 4 is 16.6 Å². The molecular weight excluding hydrogens is 310 g/mol. The van der Waals surface area contributed by atoms with Gasteiger partial charge < -0.3 is 11.1 Å². The Morgan fingerprint density at radius 1 is 1.00 bits per heavy atom. The summed E-state index contributed by atoms with van der Waals surface area (Å²) in [5, 5.41) is 5.60. The number of fused-ring (bicyclic) bond motifs is 1. The fourth-order valence-corrected chi connectivity index (χ4v) is 3.65. The summed E-state index contributed by atoms with van der Waals surface area (Å²) < 4.78 is 0. The maximum absolute atomic E-state index is 6.48. The van der Waals surface area contributed by atoms with Crippen LogP contribution in [-0.2, 0) is 0 Å². The first-order chi connectivity index (χ1) is 12.3. The number of nitrogens with one attached hydrogen (secondary N) is 1. The summed E-state index contributed by atoms with van der Waals surface area (Å²) in [4.78, 5) is 13.2. The average molecular weight is 333 g/mol. The second kappa shape index (κ2) is 7.15. The molecule has 25 heavy (non-hydrogen) atoms. The Balaban J connectivity index is 1.71. The van der Waals surface area contributed by atoms with Gasteiger partial charge in [-0.05, 0) is 43.0 Å². The summed E-state index contributed by atoms with van der Waals surface area (Å²) in [5.74, 6) is 1.35. The van der Waals surface area contributed by atoms with Crippen molar-refractivity contribution in [2.24, 2.45) is 11.7 Å². The van der Waals surface area contributed by atoms with Crippen LogP contribution in [0, 0.1) is 5.92 Å². The predicted molar refractivity (Wildman–Crippen MR) is 101 cm³/mol. The lowest BCUT2D eigenvalue weighted by atomic mass is 9.87. The largest absolute Gasteiger partial charge is 0.354 e. The number of nitrogens with two attached hydrogens (primary N) is 1. The van der Waals surface area contributed by atoms with Gasteiger partial charge in [0, 0.05) is 41.1 Å². The predicted octanol–water partition coefficient (Wildman–Crippen LogP) is 3.97. The van der Waals surface area contributed by atoms with E-state index in [0.29, 0.717) is 5.92 Å². The van der Waals surface area contributed by atoms with Crippen LogP contribution in [0.15, 0.2) is 49.1 Å². The van der Waals surface area contributed by atoms with E-state index in [-0.39, 0.29) is 6.17 Å². The third-order valence-electron chi connectivity index (χ3n) is 5.07. The minimum Gasteiger partial charge on any atom is -0.354 e. The number of nitrogens with zero attached hydrogens (tertiary/aromatic N) is 3. The van der Waals surface area contributed by atoms with E-state index in [2.05, 4.69) is 21.4 Å². The Labute approximate surface area is 147 Å². The second-order valence-corrected chi connectivity index (χ2v) is 6.76. The normalized spacial score (nSPS) is 16.7. The lowest BCUT2D eigenvalue weighted by Gasteiger charge is -2.28. The Bertz CT molecular complexity index is 843. The van der Waals surface area contributed by atoms with Crippen molar-refractivity contribution in [2.45, 2.75) is 38.3 Å². The first-order valence-corrected chi connectivity index (χ1v) is 8.98. The zero-order valence-electron chi connectivity index (χ0n) is 14.2. The molecule has 3 N–H and O–H groups in total. The van der Waals surface area contributed by atoms with Crippen molar-refractivity contribution in [2.75, 3.05) is 5.32 Å². The van der Waals surface area contributed by atoms with Crippen LogP contribution in [0.3, 0.4) is 0 Å². The lowest BCUT2D eigenvalue weighted by molar-refractivity contribution is 0.321. The molecule has 1 unspecified atom stereocenters. The monoisotopic (exact) mass is 333 g/mol. The highest BCUT2D eigenvalue weighted by molar-refractivity contribution is 5.94. The highest BCUT2D eigenvalue weighted by Crippen LogP contribution is 2.30. The Morgan fingerprint density at radius 3 is 2.56 bits per heavy atom. The SMILES string of the molecule is NC(Nc1nc(-c2ccncc2)cc2cnccc12)C1CCCCC1. The molecule has 5 heteroatoms. The van der Waals surface area contributed by atoms with Gasteiger partial charge in [-0.1, -0.05) is 19.3 Å². The maximum Gasteiger partial charge on any atom is 0.135 e. The fraction of sp³-hybridized carbons (Fsp3) is 0.350. The molecule has 128 valence electrons. The molecule has 1 aliphatic rings. The minimum atomic E-state index is -0.0724. The molecule has 0 saturated heterocycles. The van der Waals surface area contributed by atoms with Gasteiger partial charge in [0.1, 0.15) is 5.82 Å². The quantitative estimate of drug-likeness (QED) is 0.707. The van der Waals surface area contributed by atoms with E-state index >= 15 is 0 Å². The molecule has 0 bridgehead atoms. The maximum atomic E-state index is 6.48. The van der Waals surface area contributed by atoms with Crippen molar-refractivity contribution in [3.8, 4) is 11.3 Å². The molecule has 4 rings (SSSR count). The van der Waals surface area contributed by atoms with Crippen LogP contribution in [0.1, 0.15) is 32.1 Å². The minimum absolute atomic E-state index is 0.0724. The molecule has 5 nitrogen and oxygen atoms in total. The molecule has 1 atom stereocenters. The summed E-state index contributed by atoms with van der Waals surface area (Å²) in [6.07, 6.45) is 13.4. The van der Waals surface area contributed by atoms with Gasteiger partial charge in [0.25, 0.3) is 0 Å². The standard InChI is InChI=1S/C20H23N5/c21-19(15-4-2-1-3-5-15)25-20-17-8-11-23-13-16(17)12-18(24-20)14-6-9-22-10-7-14/h6-13,15,19H,1-5,21H2,(H,24,25). The number of hydrogen-bond acceptors (Lipinski definition) is 5. The van der Waals surface area contributed by atoms with Crippen LogP contribution in [0.4, 0.5) is 5.82 Å². The summed E-state index contributed by atoms with van der Waals surface area (Å²) in [7, 11) is 0. The number of rotatable bonds is 4. The van der Waals surface area contributed by atoms with E-state index in [0.717, 1.165) is 27.8 Å². The Morgan fingerprint density at radius 2 is 1.76 bits per heavy atom. The first-order valence-electron chi connectivity index (χ1n) is 8.98. The lowest BCUT2D eigenvalue weighted by Crippen LogP contribution is -2.39. The molecule has 3 aromatic rings. The summed E-state index contributed by atoms with van der Waals surface area (Å²) in [6.45, 7) is 0. The number of pyridine rings is 3. The van der Waals surface area contributed by atoms with Gasteiger partial charge in [0.15, 0.2) is 0 Å². The van der Waals surface area contributed by atoms with E-state index in [4.69, 9.17) is 10.7 Å². The smallest absolute Gasteiger partial charge is 0.135 e. The van der Waals surface area contributed by atoms with Crippen molar-refractivity contribution in [1.29, 1.82) is 0 Å². The fourth-order valence-electron chi connectivity index (χ4n) is 3.65. The molecule has 1 fully saturated rings. The van der Waals surface area contributed by atoms with E-state index in [9.17, 15) is 0 Å². The van der Waals surface area contributed by atoms with E-state index in [1.165, 1.54) is 32.1 Å². The third kappa shape index (κ3) is 3.46. The molecule has 1 aliphatic carbocycles.